The number of hydrogen-bond acceptors (Lipinski definition) is 7. The number of aliphatic hydroxyl groups excluding tert-OH is 1. The number of ether oxygens (including phenoxy) is 4. The fraction of sp³-hybridized carbons (Fsp3) is 1.00. The van der Waals surface area contributed by atoms with Crippen LogP contribution >= 0.6 is 15.9 Å². The van der Waals surface area contributed by atoms with E-state index in [9.17, 15) is 15.3 Å². The highest BCUT2D eigenvalue weighted by Gasteiger charge is 2.57. The highest BCUT2D eigenvalue weighted by molar-refractivity contribution is 9.09. The van der Waals surface area contributed by atoms with Crippen LogP contribution in [0.4, 0.5) is 0 Å². The van der Waals surface area contributed by atoms with E-state index in [1.54, 1.807) is 20.8 Å². The van der Waals surface area contributed by atoms with Crippen molar-refractivity contribution in [1.82, 2.24) is 0 Å². The summed E-state index contributed by atoms with van der Waals surface area (Å²) in [6.07, 6.45) is 6.60. The first-order valence-electron chi connectivity index (χ1n) is 14.8. The first kappa shape index (κ1) is 31.1. The van der Waals surface area contributed by atoms with Gasteiger partial charge in [-0.25, -0.2) is 0 Å². The Morgan fingerprint density at radius 1 is 0.789 bits per heavy atom. The van der Waals surface area contributed by atoms with E-state index < -0.39 is 22.9 Å². The summed E-state index contributed by atoms with van der Waals surface area (Å²) in [7, 11) is 0. The van der Waals surface area contributed by atoms with Crippen molar-refractivity contribution in [2.75, 3.05) is 0 Å². The fourth-order valence-electron chi connectivity index (χ4n) is 7.21. The van der Waals surface area contributed by atoms with E-state index >= 15 is 0 Å². The fourth-order valence-corrected chi connectivity index (χ4v) is 7.55. The van der Waals surface area contributed by atoms with Gasteiger partial charge in [-0.3, -0.25) is 0 Å². The summed E-state index contributed by atoms with van der Waals surface area (Å²) in [5, 5.41) is 31.5. The van der Waals surface area contributed by atoms with Crippen molar-refractivity contribution in [3.63, 3.8) is 0 Å². The summed E-state index contributed by atoms with van der Waals surface area (Å²) in [4.78, 5) is 0.294. The average molecular weight is 606 g/mol. The Hall–Kier alpha value is 0.200. The van der Waals surface area contributed by atoms with Gasteiger partial charge in [-0.1, -0.05) is 15.9 Å². The molecule has 0 aromatic rings. The van der Waals surface area contributed by atoms with Crippen LogP contribution in [-0.2, 0) is 18.9 Å². The van der Waals surface area contributed by atoms with Crippen molar-refractivity contribution in [3.05, 3.63) is 0 Å². The normalized spacial score (nSPS) is 46.3. The zero-order valence-corrected chi connectivity index (χ0v) is 26.5. The van der Waals surface area contributed by atoms with Gasteiger partial charge >= 0.3 is 0 Å². The van der Waals surface area contributed by atoms with Crippen molar-refractivity contribution in [2.24, 2.45) is 0 Å². The van der Waals surface area contributed by atoms with E-state index in [1.165, 1.54) is 0 Å². The summed E-state index contributed by atoms with van der Waals surface area (Å²) in [6.45, 7) is 15.8. The van der Waals surface area contributed by atoms with Gasteiger partial charge in [0, 0.05) is 4.83 Å². The molecule has 10 atom stereocenters. The van der Waals surface area contributed by atoms with Gasteiger partial charge < -0.3 is 34.3 Å². The molecule has 8 heteroatoms. The molecule has 3 N–H and O–H groups in total. The Bertz CT molecular complexity index is 843. The van der Waals surface area contributed by atoms with Gasteiger partial charge in [-0.2, -0.15) is 0 Å². The zero-order chi connectivity index (χ0) is 28.4. The van der Waals surface area contributed by atoms with E-state index in [1.807, 2.05) is 0 Å². The maximum atomic E-state index is 11.2. The Kier molecular flexibility index (Phi) is 8.59. The van der Waals surface area contributed by atoms with E-state index in [2.05, 4.69) is 50.5 Å². The van der Waals surface area contributed by atoms with Crippen LogP contribution in [0.3, 0.4) is 0 Å². The molecule has 0 spiro atoms. The van der Waals surface area contributed by atoms with Crippen LogP contribution in [0.15, 0.2) is 0 Å². The molecular formula is C30H53BrO7. The largest absolute Gasteiger partial charge is 0.390 e. The second-order valence-electron chi connectivity index (χ2n) is 14.7. The van der Waals surface area contributed by atoms with Crippen molar-refractivity contribution in [2.45, 2.75) is 189 Å². The molecule has 4 heterocycles. The molecular weight excluding hydrogens is 552 g/mol. The first-order chi connectivity index (χ1) is 17.3. The topological polar surface area (TPSA) is 97.6 Å². The minimum Gasteiger partial charge on any atom is -0.390 e. The van der Waals surface area contributed by atoms with Crippen LogP contribution in [0.25, 0.3) is 0 Å². The molecule has 5 unspecified atom stereocenters. The van der Waals surface area contributed by atoms with Gasteiger partial charge in [0.1, 0.15) is 0 Å². The molecule has 4 rings (SSSR count). The molecule has 0 bridgehead atoms. The van der Waals surface area contributed by atoms with Gasteiger partial charge in [-0.05, 0) is 120 Å². The summed E-state index contributed by atoms with van der Waals surface area (Å²) < 4.78 is 26.9. The SMILES string of the molecule is CC(O)(CC[C@@H](O)C(C)(C)O)C1CCC(C)(C2CCC([C@@]3(C)CC[C@@H]4OC(C)(C)[C@H](Br)CC[C@@]4(C)O3)O2)O1. The molecule has 0 amide bonds. The Balaban J connectivity index is 1.37. The number of rotatable bonds is 7. The lowest BCUT2D eigenvalue weighted by molar-refractivity contribution is -0.278. The molecule has 7 nitrogen and oxygen atoms in total. The molecule has 0 saturated carbocycles. The molecule has 38 heavy (non-hydrogen) atoms. The monoisotopic (exact) mass is 604 g/mol. The van der Waals surface area contributed by atoms with Crippen LogP contribution in [0, 0.1) is 0 Å². The molecule has 222 valence electrons. The third kappa shape index (κ3) is 6.18. The minimum absolute atomic E-state index is 0.0109. The van der Waals surface area contributed by atoms with E-state index in [-0.39, 0.29) is 41.2 Å². The Morgan fingerprint density at radius 3 is 1.97 bits per heavy atom. The summed E-state index contributed by atoms with van der Waals surface area (Å²) in [6, 6.07) is 0. The predicted molar refractivity (Wildman–Crippen MR) is 151 cm³/mol. The van der Waals surface area contributed by atoms with Crippen LogP contribution in [0.1, 0.15) is 120 Å². The van der Waals surface area contributed by atoms with Crippen molar-refractivity contribution in [3.8, 4) is 0 Å². The first-order valence-corrected chi connectivity index (χ1v) is 15.7. The number of fused-ring (bicyclic) bond motifs is 1. The summed E-state index contributed by atoms with van der Waals surface area (Å²) in [5.41, 5.74) is -3.73. The van der Waals surface area contributed by atoms with Crippen molar-refractivity contribution in [1.29, 1.82) is 0 Å². The molecule has 0 radical (unpaired) electrons. The lowest BCUT2D eigenvalue weighted by Gasteiger charge is -2.51. The van der Waals surface area contributed by atoms with Crippen LogP contribution in [0.5, 0.6) is 0 Å². The predicted octanol–water partition coefficient (Wildman–Crippen LogP) is 5.18. The molecule has 4 aliphatic heterocycles. The van der Waals surface area contributed by atoms with Crippen LogP contribution in [-0.4, -0.2) is 84.3 Å². The summed E-state index contributed by atoms with van der Waals surface area (Å²) >= 11 is 3.85. The van der Waals surface area contributed by atoms with Crippen molar-refractivity contribution < 1.29 is 34.3 Å². The second kappa shape index (κ2) is 10.5. The van der Waals surface area contributed by atoms with Gasteiger partial charge in [0.05, 0.1) is 64.1 Å². The lowest BCUT2D eigenvalue weighted by Crippen LogP contribution is -2.59. The average Bonchev–Trinajstić information content (AvgIpc) is 3.45. The third-order valence-corrected chi connectivity index (χ3v) is 11.8. The summed E-state index contributed by atoms with van der Waals surface area (Å²) in [5.74, 6) is 0. The Morgan fingerprint density at radius 2 is 1.34 bits per heavy atom. The van der Waals surface area contributed by atoms with Gasteiger partial charge in [0.15, 0.2) is 0 Å². The van der Waals surface area contributed by atoms with E-state index in [4.69, 9.17) is 18.9 Å². The molecule has 0 aliphatic carbocycles. The van der Waals surface area contributed by atoms with Gasteiger partial charge in [0.25, 0.3) is 0 Å². The molecule has 0 aromatic carbocycles. The highest BCUT2D eigenvalue weighted by atomic mass is 79.9. The number of hydrogen-bond donors (Lipinski definition) is 3. The standard InChI is InChI=1S/C30H53BrO7/c1-25(2,33)20(32)12-15-27(5,34)21-13-17-28(6,37-21)22-9-10-23(35-22)29(7)18-14-24-30(8,38-29)16-11-19(31)26(3,4)36-24/h19-24,32-34H,9-18H2,1-8H3/t19-,20-,21?,22?,23?,24+,27?,28?,29-,30-/m1/s1. The van der Waals surface area contributed by atoms with Crippen molar-refractivity contribution >= 4 is 15.9 Å². The Labute approximate surface area is 238 Å². The highest BCUT2D eigenvalue weighted by Crippen LogP contribution is 2.51. The second-order valence-corrected chi connectivity index (χ2v) is 15.8. The van der Waals surface area contributed by atoms with Gasteiger partial charge in [0.2, 0.25) is 0 Å². The number of alkyl halides is 1. The lowest BCUT2D eigenvalue weighted by atomic mass is 9.79. The maximum Gasteiger partial charge on any atom is 0.0924 e. The number of aliphatic hydroxyl groups is 3. The third-order valence-electron chi connectivity index (χ3n) is 10.3. The molecule has 4 aliphatic rings. The molecule has 0 aromatic heterocycles. The molecule has 4 saturated heterocycles. The van der Waals surface area contributed by atoms with E-state index in [0.29, 0.717) is 17.7 Å². The van der Waals surface area contributed by atoms with E-state index in [0.717, 1.165) is 51.4 Å². The number of halogens is 1. The van der Waals surface area contributed by atoms with Crippen LogP contribution in [0.2, 0.25) is 0 Å². The smallest absolute Gasteiger partial charge is 0.0924 e. The maximum absolute atomic E-state index is 11.2. The van der Waals surface area contributed by atoms with Gasteiger partial charge in [-0.15, -0.1) is 0 Å². The minimum atomic E-state index is -1.20. The zero-order valence-electron chi connectivity index (χ0n) is 24.9. The van der Waals surface area contributed by atoms with Crippen LogP contribution < -0.4 is 0 Å². The quantitative estimate of drug-likeness (QED) is 0.344. The molecule has 4 fully saturated rings.